The van der Waals surface area contributed by atoms with Crippen LogP contribution in [-0.4, -0.2) is 30.2 Å². The number of aliphatic hydroxyl groups excluding tert-OH is 1. The number of hydrogen-bond acceptors (Lipinski definition) is 4. The summed E-state index contributed by atoms with van der Waals surface area (Å²) >= 11 is 1.62. The van der Waals surface area contributed by atoms with E-state index in [4.69, 9.17) is 10.5 Å². The van der Waals surface area contributed by atoms with E-state index in [2.05, 4.69) is 6.92 Å². The number of rotatable bonds is 8. The van der Waals surface area contributed by atoms with E-state index >= 15 is 0 Å². The number of unbranched alkanes of at least 4 members (excludes halogenated alkanes) is 1. The van der Waals surface area contributed by atoms with Crippen molar-refractivity contribution in [3.8, 4) is 0 Å². The van der Waals surface area contributed by atoms with Crippen LogP contribution in [0.2, 0.25) is 0 Å². The highest BCUT2D eigenvalue weighted by Crippen LogP contribution is 2.26. The second kappa shape index (κ2) is 8.40. The molecular formula is C14H23NO2S. The maximum Gasteiger partial charge on any atom is 0.0867 e. The fourth-order valence-corrected chi connectivity index (χ4v) is 2.46. The van der Waals surface area contributed by atoms with Crippen LogP contribution in [0.1, 0.15) is 25.3 Å². The summed E-state index contributed by atoms with van der Waals surface area (Å²) in [5.74, 6) is 0.635. The van der Waals surface area contributed by atoms with Gasteiger partial charge in [0, 0.05) is 22.9 Å². The summed E-state index contributed by atoms with van der Waals surface area (Å²) in [7, 11) is 0. The predicted octanol–water partition coefficient (Wildman–Crippen LogP) is 2.85. The zero-order valence-electron chi connectivity index (χ0n) is 11.2. The van der Waals surface area contributed by atoms with Gasteiger partial charge in [-0.1, -0.05) is 19.4 Å². The molecule has 4 heteroatoms. The van der Waals surface area contributed by atoms with Gasteiger partial charge in [-0.05, 0) is 31.0 Å². The van der Waals surface area contributed by atoms with E-state index in [1.807, 2.05) is 25.1 Å². The van der Waals surface area contributed by atoms with Gasteiger partial charge >= 0.3 is 0 Å². The third-order valence-corrected chi connectivity index (χ3v) is 4.01. The molecule has 1 rings (SSSR count). The lowest BCUT2D eigenvalue weighted by Gasteiger charge is -2.12. The van der Waals surface area contributed by atoms with E-state index in [9.17, 15) is 5.11 Å². The number of thioether (sulfide) groups is 1. The van der Waals surface area contributed by atoms with Gasteiger partial charge in [-0.2, -0.15) is 0 Å². The van der Waals surface area contributed by atoms with Crippen LogP contribution in [0, 0.1) is 6.92 Å². The Kier molecular flexibility index (Phi) is 7.16. The Hall–Kier alpha value is -0.710. The topological polar surface area (TPSA) is 55.5 Å². The maximum absolute atomic E-state index is 9.79. The van der Waals surface area contributed by atoms with E-state index < -0.39 is 6.10 Å². The lowest BCUT2D eigenvalue weighted by atomic mass is 10.2. The Morgan fingerprint density at radius 3 is 2.94 bits per heavy atom. The number of benzene rings is 1. The van der Waals surface area contributed by atoms with Crippen LogP contribution in [0.25, 0.3) is 0 Å². The molecule has 1 aromatic carbocycles. The Labute approximate surface area is 114 Å². The van der Waals surface area contributed by atoms with Crippen molar-refractivity contribution >= 4 is 17.4 Å². The van der Waals surface area contributed by atoms with Crippen LogP contribution in [0.3, 0.4) is 0 Å². The molecule has 3 nitrogen and oxygen atoms in total. The molecule has 102 valence electrons. The summed E-state index contributed by atoms with van der Waals surface area (Å²) in [4.78, 5) is 1.13. The second-order valence-corrected chi connectivity index (χ2v) is 5.43. The van der Waals surface area contributed by atoms with Gasteiger partial charge in [0.25, 0.3) is 0 Å². The normalized spacial score (nSPS) is 12.6. The number of hydrogen-bond donors (Lipinski definition) is 2. The molecular weight excluding hydrogens is 246 g/mol. The average molecular weight is 269 g/mol. The van der Waals surface area contributed by atoms with Crippen molar-refractivity contribution in [2.24, 2.45) is 0 Å². The first-order valence-electron chi connectivity index (χ1n) is 6.38. The third kappa shape index (κ3) is 5.29. The molecule has 0 aliphatic carbocycles. The maximum atomic E-state index is 9.79. The van der Waals surface area contributed by atoms with Gasteiger partial charge in [0.15, 0.2) is 0 Å². The Bertz CT molecular complexity index is 358. The van der Waals surface area contributed by atoms with E-state index in [0.717, 1.165) is 35.6 Å². The molecule has 0 bridgehead atoms. The van der Waals surface area contributed by atoms with E-state index in [0.29, 0.717) is 12.4 Å². The predicted molar refractivity (Wildman–Crippen MR) is 78.0 cm³/mol. The number of anilines is 1. The minimum Gasteiger partial charge on any atom is -0.398 e. The van der Waals surface area contributed by atoms with Crippen LogP contribution in [-0.2, 0) is 4.74 Å². The fraction of sp³-hybridized carbons (Fsp3) is 0.571. The molecule has 18 heavy (non-hydrogen) atoms. The zero-order chi connectivity index (χ0) is 13.4. The van der Waals surface area contributed by atoms with Crippen LogP contribution in [0.4, 0.5) is 5.69 Å². The third-order valence-electron chi connectivity index (χ3n) is 2.71. The minimum atomic E-state index is -0.423. The first kappa shape index (κ1) is 15.3. The quantitative estimate of drug-likeness (QED) is 0.433. The SMILES string of the molecule is CCCCOCC(O)CSc1cccc(N)c1C. The molecule has 0 radical (unpaired) electrons. The molecule has 0 saturated heterocycles. The molecule has 0 fully saturated rings. The van der Waals surface area contributed by atoms with Crippen molar-refractivity contribution in [1.29, 1.82) is 0 Å². The second-order valence-electron chi connectivity index (χ2n) is 4.36. The van der Waals surface area contributed by atoms with Gasteiger partial charge in [-0.15, -0.1) is 11.8 Å². The van der Waals surface area contributed by atoms with Gasteiger partial charge in [-0.3, -0.25) is 0 Å². The van der Waals surface area contributed by atoms with E-state index in [1.54, 1.807) is 11.8 Å². The molecule has 0 spiro atoms. The monoisotopic (exact) mass is 269 g/mol. The molecule has 0 saturated carbocycles. The van der Waals surface area contributed by atoms with Crippen LogP contribution < -0.4 is 5.73 Å². The van der Waals surface area contributed by atoms with Gasteiger partial charge in [0.05, 0.1) is 12.7 Å². The summed E-state index contributed by atoms with van der Waals surface area (Å²) in [6.45, 7) is 5.27. The number of nitrogen functional groups attached to an aromatic ring is 1. The van der Waals surface area contributed by atoms with Crippen LogP contribution in [0.5, 0.6) is 0 Å². The van der Waals surface area contributed by atoms with Crippen molar-refractivity contribution < 1.29 is 9.84 Å². The van der Waals surface area contributed by atoms with Crippen molar-refractivity contribution in [3.05, 3.63) is 23.8 Å². The summed E-state index contributed by atoms with van der Waals surface area (Å²) in [5.41, 5.74) is 7.72. The van der Waals surface area contributed by atoms with Crippen molar-refractivity contribution in [3.63, 3.8) is 0 Å². The number of ether oxygens (including phenoxy) is 1. The molecule has 0 heterocycles. The van der Waals surface area contributed by atoms with E-state index in [1.165, 1.54) is 0 Å². The zero-order valence-corrected chi connectivity index (χ0v) is 12.0. The van der Waals surface area contributed by atoms with Gasteiger partial charge in [0.1, 0.15) is 0 Å². The van der Waals surface area contributed by atoms with Gasteiger partial charge < -0.3 is 15.6 Å². The molecule has 1 unspecified atom stereocenters. The summed E-state index contributed by atoms with van der Waals surface area (Å²) in [5, 5.41) is 9.79. The lowest BCUT2D eigenvalue weighted by molar-refractivity contribution is 0.0473. The molecule has 0 aromatic heterocycles. The number of nitrogens with two attached hydrogens (primary N) is 1. The number of aliphatic hydroxyl groups is 1. The van der Waals surface area contributed by atoms with Gasteiger partial charge in [0.2, 0.25) is 0 Å². The molecule has 0 aliphatic rings. The molecule has 0 aliphatic heterocycles. The molecule has 0 amide bonds. The average Bonchev–Trinajstić information content (AvgIpc) is 2.36. The highest BCUT2D eigenvalue weighted by Gasteiger charge is 2.07. The molecule has 1 atom stereocenters. The van der Waals surface area contributed by atoms with Crippen molar-refractivity contribution in [1.82, 2.24) is 0 Å². The van der Waals surface area contributed by atoms with Gasteiger partial charge in [-0.25, -0.2) is 0 Å². The Balaban J connectivity index is 2.29. The molecule has 3 N–H and O–H groups in total. The van der Waals surface area contributed by atoms with Crippen molar-refractivity contribution in [2.75, 3.05) is 24.7 Å². The highest BCUT2D eigenvalue weighted by molar-refractivity contribution is 7.99. The highest BCUT2D eigenvalue weighted by atomic mass is 32.2. The minimum absolute atomic E-state index is 0.411. The fourth-order valence-electron chi connectivity index (χ4n) is 1.49. The van der Waals surface area contributed by atoms with Crippen LogP contribution >= 0.6 is 11.8 Å². The summed E-state index contributed by atoms with van der Waals surface area (Å²) in [6, 6.07) is 5.86. The first-order valence-corrected chi connectivity index (χ1v) is 7.37. The molecule has 1 aromatic rings. The van der Waals surface area contributed by atoms with E-state index in [-0.39, 0.29) is 0 Å². The Morgan fingerprint density at radius 2 is 2.22 bits per heavy atom. The smallest absolute Gasteiger partial charge is 0.0867 e. The summed E-state index contributed by atoms with van der Waals surface area (Å²) in [6.07, 6.45) is 1.74. The van der Waals surface area contributed by atoms with Crippen LogP contribution in [0.15, 0.2) is 23.1 Å². The Morgan fingerprint density at radius 1 is 1.44 bits per heavy atom. The summed E-state index contributed by atoms with van der Waals surface area (Å²) < 4.78 is 5.39. The largest absolute Gasteiger partial charge is 0.398 e. The van der Waals surface area contributed by atoms with Crippen molar-refractivity contribution in [2.45, 2.75) is 37.7 Å². The lowest BCUT2D eigenvalue weighted by Crippen LogP contribution is -2.18. The first-order chi connectivity index (χ1) is 8.65. The standard InChI is InChI=1S/C14H23NO2S/c1-3-4-8-17-9-12(16)10-18-14-7-5-6-13(15)11(14)2/h5-7,12,16H,3-4,8-10,15H2,1-2H3.